The molecule has 0 radical (unpaired) electrons. The number of piperidine rings is 3. The molecule has 1 N–H and O–H groups in total. The standard InChI is InChI=1S/C25H33N3O3S/c1-31-24-6-8-25(9-7-24)32(29,30)26-15-23-14-20-11-13-28(23)18-22(20)17-27-12-10-19-4-2-3-5-21(19)16-27/h2-9,20,22-23,26H,10-18H2,1H3/t20-,22+,23+/m1/s1. The maximum atomic E-state index is 12.7. The maximum absolute atomic E-state index is 12.7. The first kappa shape index (κ1) is 21.9. The highest BCUT2D eigenvalue weighted by atomic mass is 32.2. The lowest BCUT2D eigenvalue weighted by atomic mass is 9.75. The Morgan fingerprint density at radius 2 is 1.84 bits per heavy atom. The molecule has 2 aromatic rings. The van der Waals surface area contributed by atoms with E-state index in [1.165, 1.54) is 17.5 Å². The van der Waals surface area contributed by atoms with Gasteiger partial charge in [0.2, 0.25) is 10.0 Å². The monoisotopic (exact) mass is 455 g/mol. The topological polar surface area (TPSA) is 61.9 Å². The number of nitrogens with one attached hydrogen (secondary N) is 1. The molecule has 0 aliphatic carbocycles. The van der Waals surface area contributed by atoms with Gasteiger partial charge in [-0.25, -0.2) is 13.1 Å². The number of hydrogen-bond donors (Lipinski definition) is 1. The van der Waals surface area contributed by atoms with Crippen molar-refractivity contribution in [2.75, 3.05) is 39.8 Å². The van der Waals surface area contributed by atoms with Gasteiger partial charge in [0.15, 0.2) is 0 Å². The van der Waals surface area contributed by atoms with Gasteiger partial charge in [-0.05, 0) is 73.0 Å². The van der Waals surface area contributed by atoms with Crippen molar-refractivity contribution in [2.24, 2.45) is 11.8 Å². The summed E-state index contributed by atoms with van der Waals surface area (Å²) in [5, 5.41) is 0. The average Bonchev–Trinajstić information content (AvgIpc) is 2.83. The van der Waals surface area contributed by atoms with Crippen LogP contribution in [-0.4, -0.2) is 64.1 Å². The van der Waals surface area contributed by atoms with E-state index in [1.54, 1.807) is 31.4 Å². The zero-order chi connectivity index (χ0) is 22.1. The van der Waals surface area contributed by atoms with E-state index in [-0.39, 0.29) is 4.90 Å². The van der Waals surface area contributed by atoms with E-state index >= 15 is 0 Å². The Morgan fingerprint density at radius 1 is 1.06 bits per heavy atom. The van der Waals surface area contributed by atoms with E-state index in [2.05, 4.69) is 38.8 Å². The van der Waals surface area contributed by atoms with Crippen molar-refractivity contribution in [1.29, 1.82) is 0 Å². The number of rotatable bonds is 7. The Kier molecular flexibility index (Phi) is 6.25. The first-order chi connectivity index (χ1) is 15.5. The van der Waals surface area contributed by atoms with Gasteiger partial charge in [0, 0.05) is 38.8 Å². The summed E-state index contributed by atoms with van der Waals surface area (Å²) < 4.78 is 33.4. The molecule has 0 amide bonds. The summed E-state index contributed by atoms with van der Waals surface area (Å²) in [5.41, 5.74) is 2.98. The second-order valence-electron chi connectivity index (χ2n) is 9.47. The third-order valence-electron chi connectivity index (χ3n) is 7.60. The van der Waals surface area contributed by atoms with Crippen molar-refractivity contribution in [3.8, 4) is 5.75 Å². The molecule has 4 aliphatic rings. The Hall–Kier alpha value is -1.93. The van der Waals surface area contributed by atoms with Gasteiger partial charge in [-0.3, -0.25) is 9.80 Å². The van der Waals surface area contributed by atoms with Crippen LogP contribution in [0.15, 0.2) is 53.4 Å². The Balaban J connectivity index is 1.16. The summed E-state index contributed by atoms with van der Waals surface area (Å²) in [6, 6.07) is 15.7. The number of sulfonamides is 1. The highest BCUT2D eigenvalue weighted by Gasteiger charge is 2.41. The van der Waals surface area contributed by atoms with Gasteiger partial charge in [-0.1, -0.05) is 24.3 Å². The maximum Gasteiger partial charge on any atom is 0.240 e. The third-order valence-corrected chi connectivity index (χ3v) is 9.03. The molecule has 7 heteroatoms. The van der Waals surface area contributed by atoms with Gasteiger partial charge in [0.05, 0.1) is 12.0 Å². The van der Waals surface area contributed by atoms with Crippen LogP contribution in [0, 0.1) is 11.8 Å². The number of nitrogens with zero attached hydrogens (tertiary/aromatic N) is 2. The molecule has 4 heterocycles. The largest absolute Gasteiger partial charge is 0.497 e. The van der Waals surface area contributed by atoms with Crippen molar-refractivity contribution < 1.29 is 13.2 Å². The molecule has 2 bridgehead atoms. The van der Waals surface area contributed by atoms with E-state index in [1.807, 2.05) is 0 Å². The highest BCUT2D eigenvalue weighted by molar-refractivity contribution is 7.89. The van der Waals surface area contributed by atoms with Crippen LogP contribution in [0.25, 0.3) is 0 Å². The molecule has 0 aromatic heterocycles. The van der Waals surface area contributed by atoms with E-state index in [0.29, 0.717) is 30.2 Å². The van der Waals surface area contributed by atoms with Crippen LogP contribution in [0.4, 0.5) is 0 Å². The summed E-state index contributed by atoms with van der Waals surface area (Å²) in [5.74, 6) is 2.03. The van der Waals surface area contributed by atoms with Gasteiger partial charge in [0.1, 0.15) is 5.75 Å². The van der Waals surface area contributed by atoms with Crippen molar-refractivity contribution in [3.05, 3.63) is 59.7 Å². The summed E-state index contributed by atoms with van der Waals surface area (Å²) in [4.78, 5) is 5.42. The number of ether oxygens (including phenoxy) is 1. The molecule has 2 aromatic carbocycles. The second kappa shape index (κ2) is 9.14. The van der Waals surface area contributed by atoms with Crippen LogP contribution < -0.4 is 9.46 Å². The lowest BCUT2D eigenvalue weighted by molar-refractivity contribution is -0.0118. The number of methoxy groups -OCH3 is 1. The zero-order valence-electron chi connectivity index (χ0n) is 18.7. The smallest absolute Gasteiger partial charge is 0.240 e. The minimum absolute atomic E-state index is 0.289. The van der Waals surface area contributed by atoms with Gasteiger partial charge in [-0.2, -0.15) is 0 Å². The SMILES string of the molecule is COc1ccc(S(=O)(=O)NC[C@@H]2C[C@H]3CCN2C[C@@H]3CN2CCc3ccccc3C2)cc1. The quantitative estimate of drug-likeness (QED) is 0.696. The molecule has 3 fully saturated rings. The molecule has 3 saturated heterocycles. The average molecular weight is 456 g/mol. The van der Waals surface area contributed by atoms with Crippen molar-refractivity contribution in [1.82, 2.24) is 14.5 Å². The van der Waals surface area contributed by atoms with Crippen LogP contribution in [-0.2, 0) is 23.0 Å². The summed E-state index contributed by atoms with van der Waals surface area (Å²) in [7, 11) is -1.93. The van der Waals surface area contributed by atoms with Gasteiger partial charge in [0.25, 0.3) is 0 Å². The highest BCUT2D eigenvalue weighted by Crippen LogP contribution is 2.37. The summed E-state index contributed by atoms with van der Waals surface area (Å²) >= 11 is 0. The normalized spacial score (nSPS) is 27.8. The molecular formula is C25H33N3O3S. The van der Waals surface area contributed by atoms with Gasteiger partial charge in [-0.15, -0.1) is 0 Å². The van der Waals surface area contributed by atoms with Crippen LogP contribution in [0.5, 0.6) is 5.75 Å². The van der Waals surface area contributed by atoms with E-state index < -0.39 is 10.0 Å². The van der Waals surface area contributed by atoms with Crippen molar-refractivity contribution in [3.63, 3.8) is 0 Å². The van der Waals surface area contributed by atoms with Crippen LogP contribution in [0.2, 0.25) is 0 Å². The first-order valence-corrected chi connectivity index (χ1v) is 13.2. The first-order valence-electron chi connectivity index (χ1n) is 11.7. The fourth-order valence-electron chi connectivity index (χ4n) is 5.75. The minimum atomic E-state index is -3.51. The van der Waals surface area contributed by atoms with Crippen LogP contribution in [0.1, 0.15) is 24.0 Å². The number of fused-ring (bicyclic) bond motifs is 4. The van der Waals surface area contributed by atoms with Gasteiger partial charge >= 0.3 is 0 Å². The molecule has 1 unspecified atom stereocenters. The van der Waals surface area contributed by atoms with E-state index in [9.17, 15) is 8.42 Å². The fraction of sp³-hybridized carbons (Fsp3) is 0.520. The third kappa shape index (κ3) is 4.57. The van der Waals surface area contributed by atoms with Crippen molar-refractivity contribution in [2.45, 2.75) is 36.7 Å². The molecule has 0 saturated carbocycles. The zero-order valence-corrected chi connectivity index (χ0v) is 19.6. The predicted octanol–water partition coefficient (Wildman–Crippen LogP) is 2.74. The van der Waals surface area contributed by atoms with Crippen LogP contribution >= 0.6 is 0 Å². The lowest BCUT2D eigenvalue weighted by Crippen LogP contribution is -2.58. The summed E-state index contributed by atoms with van der Waals surface area (Å²) in [6.45, 7) is 6.00. The molecule has 172 valence electrons. The Bertz CT molecular complexity index is 1040. The van der Waals surface area contributed by atoms with Crippen LogP contribution in [0.3, 0.4) is 0 Å². The molecule has 32 heavy (non-hydrogen) atoms. The molecule has 4 atom stereocenters. The Labute approximate surface area is 191 Å². The van der Waals surface area contributed by atoms with Gasteiger partial charge < -0.3 is 4.74 Å². The lowest BCUT2D eigenvalue weighted by Gasteiger charge is -2.51. The van der Waals surface area contributed by atoms with E-state index in [4.69, 9.17) is 4.74 Å². The fourth-order valence-corrected chi connectivity index (χ4v) is 6.83. The molecule has 6 nitrogen and oxygen atoms in total. The second-order valence-corrected chi connectivity index (χ2v) is 11.2. The molecule has 4 aliphatic heterocycles. The molecule has 6 rings (SSSR count). The Morgan fingerprint density at radius 3 is 2.56 bits per heavy atom. The molecular weight excluding hydrogens is 422 g/mol. The predicted molar refractivity (Wildman–Crippen MR) is 125 cm³/mol. The number of hydrogen-bond acceptors (Lipinski definition) is 5. The minimum Gasteiger partial charge on any atom is -0.497 e. The van der Waals surface area contributed by atoms with Crippen molar-refractivity contribution >= 4 is 10.0 Å². The number of benzene rings is 2. The summed E-state index contributed by atoms with van der Waals surface area (Å²) in [6.07, 6.45) is 3.46. The van der Waals surface area contributed by atoms with E-state index in [0.717, 1.165) is 45.6 Å². The molecule has 0 spiro atoms.